The number of nitrogens with one attached hydrogen (secondary N) is 1. The van der Waals surface area contributed by atoms with Gasteiger partial charge in [0.2, 0.25) is 0 Å². The van der Waals surface area contributed by atoms with Gasteiger partial charge in [-0.15, -0.1) is 0 Å². The van der Waals surface area contributed by atoms with Gasteiger partial charge in [0.1, 0.15) is 17.5 Å². The van der Waals surface area contributed by atoms with Crippen LogP contribution in [0, 0.1) is 19.7 Å². The number of nitrogens with zero attached hydrogens (tertiary/aromatic N) is 2. The quantitative estimate of drug-likeness (QED) is 0.886. The van der Waals surface area contributed by atoms with Crippen LogP contribution in [-0.2, 0) is 0 Å². The van der Waals surface area contributed by atoms with Crippen LogP contribution in [0.4, 0.5) is 15.9 Å². The van der Waals surface area contributed by atoms with Crippen molar-refractivity contribution in [2.75, 3.05) is 5.32 Å². The number of hydrogen-bond donors (Lipinski definition) is 1. The van der Waals surface area contributed by atoms with E-state index in [1.165, 1.54) is 12.1 Å². The van der Waals surface area contributed by atoms with Crippen molar-refractivity contribution in [3.8, 4) is 0 Å². The molecular formula is C12H11ClFN3. The van der Waals surface area contributed by atoms with Crippen LogP contribution in [0.1, 0.15) is 11.5 Å². The fourth-order valence-electron chi connectivity index (χ4n) is 1.50. The lowest BCUT2D eigenvalue weighted by Crippen LogP contribution is -1.98. The van der Waals surface area contributed by atoms with Crippen LogP contribution in [0.3, 0.4) is 0 Å². The van der Waals surface area contributed by atoms with E-state index in [1.807, 2.05) is 19.9 Å². The molecule has 0 aliphatic rings. The van der Waals surface area contributed by atoms with Crippen molar-refractivity contribution in [1.82, 2.24) is 9.97 Å². The van der Waals surface area contributed by atoms with Crippen molar-refractivity contribution < 1.29 is 4.39 Å². The summed E-state index contributed by atoms with van der Waals surface area (Å²) < 4.78 is 13.0. The Morgan fingerprint density at radius 1 is 1.18 bits per heavy atom. The van der Waals surface area contributed by atoms with Crippen molar-refractivity contribution in [1.29, 1.82) is 0 Å². The van der Waals surface area contributed by atoms with Gasteiger partial charge in [-0.1, -0.05) is 11.6 Å². The molecule has 0 fully saturated rings. The number of halogens is 2. The highest BCUT2D eigenvalue weighted by Gasteiger charge is 2.03. The number of rotatable bonds is 2. The van der Waals surface area contributed by atoms with E-state index in [-0.39, 0.29) is 5.02 Å². The van der Waals surface area contributed by atoms with Crippen LogP contribution >= 0.6 is 11.6 Å². The third-order valence-corrected chi connectivity index (χ3v) is 2.45. The fourth-order valence-corrected chi connectivity index (χ4v) is 1.68. The Balaban J connectivity index is 2.28. The van der Waals surface area contributed by atoms with E-state index in [9.17, 15) is 4.39 Å². The zero-order chi connectivity index (χ0) is 12.4. The molecule has 17 heavy (non-hydrogen) atoms. The van der Waals surface area contributed by atoms with Gasteiger partial charge >= 0.3 is 0 Å². The smallest absolute Gasteiger partial charge is 0.141 e. The van der Waals surface area contributed by atoms with E-state index < -0.39 is 5.82 Å². The van der Waals surface area contributed by atoms with Crippen LogP contribution in [-0.4, -0.2) is 9.97 Å². The highest BCUT2D eigenvalue weighted by atomic mass is 35.5. The second-order valence-corrected chi connectivity index (χ2v) is 4.10. The zero-order valence-corrected chi connectivity index (χ0v) is 10.2. The minimum Gasteiger partial charge on any atom is -0.340 e. The number of benzene rings is 1. The monoisotopic (exact) mass is 251 g/mol. The lowest BCUT2D eigenvalue weighted by atomic mass is 10.3. The summed E-state index contributed by atoms with van der Waals surface area (Å²) in [5.41, 5.74) is 1.56. The van der Waals surface area contributed by atoms with Crippen molar-refractivity contribution in [2.45, 2.75) is 13.8 Å². The Labute approximate surface area is 104 Å². The zero-order valence-electron chi connectivity index (χ0n) is 9.46. The minimum absolute atomic E-state index is 0.0810. The normalized spacial score (nSPS) is 10.4. The molecule has 1 N–H and O–H groups in total. The summed E-state index contributed by atoms with van der Waals surface area (Å²) in [6, 6.07) is 6.24. The minimum atomic E-state index is -0.438. The van der Waals surface area contributed by atoms with Gasteiger partial charge in [-0.05, 0) is 32.0 Å². The van der Waals surface area contributed by atoms with Gasteiger partial charge in [0.15, 0.2) is 0 Å². The van der Waals surface area contributed by atoms with Crippen LogP contribution < -0.4 is 5.32 Å². The molecule has 1 heterocycles. The first kappa shape index (κ1) is 11.8. The number of hydrogen-bond acceptors (Lipinski definition) is 3. The van der Waals surface area contributed by atoms with E-state index in [0.29, 0.717) is 17.3 Å². The van der Waals surface area contributed by atoms with Gasteiger partial charge in [-0.3, -0.25) is 0 Å². The molecule has 0 spiro atoms. The van der Waals surface area contributed by atoms with Crippen molar-refractivity contribution >= 4 is 23.1 Å². The Morgan fingerprint density at radius 2 is 1.94 bits per heavy atom. The third-order valence-electron chi connectivity index (χ3n) is 2.16. The molecule has 5 heteroatoms. The lowest BCUT2D eigenvalue weighted by Gasteiger charge is -2.07. The Hall–Kier alpha value is -1.68. The maximum Gasteiger partial charge on any atom is 0.141 e. The van der Waals surface area contributed by atoms with E-state index in [4.69, 9.17) is 11.6 Å². The molecule has 3 nitrogen and oxygen atoms in total. The average Bonchev–Trinajstić information content (AvgIpc) is 2.22. The molecule has 1 aromatic heterocycles. The highest BCUT2D eigenvalue weighted by molar-refractivity contribution is 6.31. The SMILES string of the molecule is Cc1cc(Nc2ccc(F)c(Cl)c2)nc(C)n1. The Bertz CT molecular complexity index is 537. The topological polar surface area (TPSA) is 37.8 Å². The van der Waals surface area contributed by atoms with Crippen molar-refractivity contribution in [3.63, 3.8) is 0 Å². The summed E-state index contributed by atoms with van der Waals surface area (Å²) in [5.74, 6) is 0.908. The van der Waals surface area contributed by atoms with Gasteiger partial charge in [0.05, 0.1) is 5.02 Å². The molecule has 0 amide bonds. The van der Waals surface area contributed by atoms with Crippen LogP contribution in [0.2, 0.25) is 5.02 Å². The highest BCUT2D eigenvalue weighted by Crippen LogP contribution is 2.22. The molecule has 0 aliphatic carbocycles. The maximum atomic E-state index is 13.0. The van der Waals surface area contributed by atoms with Crippen LogP contribution in [0.15, 0.2) is 24.3 Å². The largest absolute Gasteiger partial charge is 0.340 e. The summed E-state index contributed by atoms with van der Waals surface area (Å²) >= 11 is 5.69. The van der Waals surface area contributed by atoms with Crippen molar-refractivity contribution in [2.24, 2.45) is 0 Å². The van der Waals surface area contributed by atoms with E-state index in [2.05, 4.69) is 15.3 Å². The molecule has 2 aromatic rings. The first-order valence-corrected chi connectivity index (χ1v) is 5.47. The molecule has 88 valence electrons. The van der Waals surface area contributed by atoms with E-state index in [0.717, 1.165) is 5.69 Å². The van der Waals surface area contributed by atoms with E-state index >= 15 is 0 Å². The lowest BCUT2D eigenvalue weighted by molar-refractivity contribution is 0.628. The summed E-state index contributed by atoms with van der Waals surface area (Å²) in [5, 5.41) is 3.13. The first-order chi connectivity index (χ1) is 8.04. The molecule has 0 radical (unpaired) electrons. The van der Waals surface area contributed by atoms with E-state index in [1.54, 1.807) is 6.07 Å². The third kappa shape index (κ3) is 2.91. The number of anilines is 2. The maximum absolute atomic E-state index is 13.0. The van der Waals surface area contributed by atoms with Gasteiger partial charge in [-0.2, -0.15) is 0 Å². The number of aromatic nitrogens is 2. The van der Waals surface area contributed by atoms with Gasteiger partial charge in [0, 0.05) is 17.4 Å². The summed E-state index contributed by atoms with van der Waals surface area (Å²) in [6.45, 7) is 3.70. The van der Waals surface area contributed by atoms with Gasteiger partial charge in [0.25, 0.3) is 0 Å². The number of aryl methyl sites for hydroxylation is 2. The first-order valence-electron chi connectivity index (χ1n) is 5.09. The second-order valence-electron chi connectivity index (χ2n) is 3.70. The predicted molar refractivity (Wildman–Crippen MR) is 66.2 cm³/mol. The molecule has 0 atom stereocenters. The molecule has 1 aromatic carbocycles. The molecule has 0 saturated carbocycles. The molecule has 0 saturated heterocycles. The Kier molecular flexibility index (Phi) is 3.24. The Morgan fingerprint density at radius 3 is 2.59 bits per heavy atom. The van der Waals surface area contributed by atoms with Crippen LogP contribution in [0.25, 0.3) is 0 Å². The van der Waals surface area contributed by atoms with Gasteiger partial charge < -0.3 is 5.32 Å². The summed E-state index contributed by atoms with van der Waals surface area (Å²) in [7, 11) is 0. The van der Waals surface area contributed by atoms with Gasteiger partial charge in [-0.25, -0.2) is 14.4 Å². The van der Waals surface area contributed by atoms with Crippen molar-refractivity contribution in [3.05, 3.63) is 46.6 Å². The summed E-state index contributed by atoms with van der Waals surface area (Å²) in [6.07, 6.45) is 0. The molecule has 0 unspecified atom stereocenters. The average molecular weight is 252 g/mol. The molecule has 0 bridgehead atoms. The molecule has 2 rings (SSSR count). The fraction of sp³-hybridized carbons (Fsp3) is 0.167. The summed E-state index contributed by atoms with van der Waals surface area (Å²) in [4.78, 5) is 8.39. The van der Waals surface area contributed by atoms with Crippen LogP contribution in [0.5, 0.6) is 0 Å². The second kappa shape index (κ2) is 4.67. The molecular weight excluding hydrogens is 241 g/mol. The predicted octanol–water partition coefficient (Wildman–Crippen LogP) is 3.63. The molecule has 0 aliphatic heterocycles. The standard InChI is InChI=1S/C12H11ClFN3/c1-7-5-12(16-8(2)15-7)17-9-3-4-11(14)10(13)6-9/h3-6H,1-2H3,(H,15,16,17).